The first-order chi connectivity index (χ1) is 16.7. The normalized spacial score (nSPS) is 18.7. The van der Waals surface area contributed by atoms with E-state index in [0.717, 1.165) is 105 Å². The van der Waals surface area contributed by atoms with E-state index in [-0.39, 0.29) is 10.6 Å². The summed E-state index contributed by atoms with van der Waals surface area (Å²) in [7, 11) is 0. The van der Waals surface area contributed by atoms with Crippen LogP contribution in [0.2, 0.25) is 0 Å². The van der Waals surface area contributed by atoms with Crippen molar-refractivity contribution in [1.82, 2.24) is 0 Å². The third-order valence-electron chi connectivity index (χ3n) is 7.30. The van der Waals surface area contributed by atoms with Crippen LogP contribution < -0.4 is 9.80 Å². The van der Waals surface area contributed by atoms with Crippen LogP contribution in [0.15, 0.2) is 17.1 Å². The van der Waals surface area contributed by atoms with E-state index in [9.17, 15) is 15.4 Å². The predicted octanol–water partition coefficient (Wildman–Crippen LogP) is 6.14. The summed E-state index contributed by atoms with van der Waals surface area (Å²) in [5.41, 5.74) is 4.52. The van der Waals surface area contributed by atoms with Gasteiger partial charge >= 0.3 is 0 Å². The van der Waals surface area contributed by atoms with Gasteiger partial charge in [0.1, 0.15) is 16.8 Å². The summed E-state index contributed by atoms with van der Waals surface area (Å²) in [6, 6.07) is 6.10. The Hall–Kier alpha value is -2.92. The van der Waals surface area contributed by atoms with Crippen LogP contribution in [-0.4, -0.2) is 37.3 Å². The lowest BCUT2D eigenvalue weighted by molar-refractivity contribution is -0.384. The molecule has 7 nitrogen and oxygen atoms in total. The molecule has 0 bridgehead atoms. The largest absolute Gasteiger partial charge is 0.371 e. The van der Waals surface area contributed by atoms with Crippen LogP contribution >= 0.6 is 11.3 Å². The number of piperidine rings is 2. The smallest absolute Gasteiger partial charge is 0.293 e. The Kier molecular flexibility index (Phi) is 6.82. The summed E-state index contributed by atoms with van der Waals surface area (Å²) in [4.78, 5) is 22.4. The molecule has 1 aliphatic carbocycles. The molecule has 0 radical (unpaired) electrons. The summed E-state index contributed by atoms with van der Waals surface area (Å²) in [6.45, 7) is 3.63. The molecule has 3 aliphatic rings. The second-order valence-electron chi connectivity index (χ2n) is 9.51. The van der Waals surface area contributed by atoms with E-state index >= 15 is 0 Å². The van der Waals surface area contributed by atoms with Crippen molar-refractivity contribution in [2.75, 3.05) is 36.0 Å². The molecule has 0 spiro atoms. The van der Waals surface area contributed by atoms with Gasteiger partial charge < -0.3 is 9.80 Å². The lowest BCUT2D eigenvalue weighted by Gasteiger charge is -2.33. The zero-order valence-corrected chi connectivity index (χ0v) is 20.4. The van der Waals surface area contributed by atoms with Gasteiger partial charge in [0.25, 0.3) is 5.69 Å². The number of hydrogen-bond acceptors (Lipinski definition) is 7. The Morgan fingerprint density at radius 3 is 2.24 bits per heavy atom. The average Bonchev–Trinajstić information content (AvgIpc) is 3.25. The van der Waals surface area contributed by atoms with Gasteiger partial charge in [-0.2, -0.15) is 5.26 Å². The minimum absolute atomic E-state index is 0.148. The molecule has 178 valence electrons. The minimum atomic E-state index is -0.258. The third-order valence-corrected chi connectivity index (χ3v) is 8.50. The molecule has 2 aromatic rings. The highest BCUT2D eigenvalue weighted by atomic mass is 32.1. The standard InChI is InChI=1S/C26H31N5O2S/c27-17-21-20-9-3-4-10-25(20)34-26(21)28-18-19-15-24(31(32)33)23(30-13-7-2-8-14-30)16-22(19)29-11-5-1-6-12-29/h15-16,18H,1-14H2. The number of thiophene rings is 1. The first-order valence-corrected chi connectivity index (χ1v) is 13.4. The van der Waals surface area contributed by atoms with E-state index in [1.165, 1.54) is 17.7 Å². The fourth-order valence-corrected chi connectivity index (χ4v) is 6.70. The summed E-state index contributed by atoms with van der Waals surface area (Å²) in [5, 5.41) is 22.6. The van der Waals surface area contributed by atoms with E-state index in [0.29, 0.717) is 5.56 Å². The van der Waals surface area contributed by atoms with Gasteiger partial charge in [0, 0.05) is 54.6 Å². The van der Waals surface area contributed by atoms with Crippen molar-refractivity contribution in [3.8, 4) is 6.07 Å². The number of hydrogen-bond donors (Lipinski definition) is 0. The number of nitro groups is 1. The van der Waals surface area contributed by atoms with E-state index in [1.54, 1.807) is 23.6 Å². The Morgan fingerprint density at radius 2 is 1.59 bits per heavy atom. The monoisotopic (exact) mass is 477 g/mol. The molecule has 0 saturated carbocycles. The van der Waals surface area contributed by atoms with E-state index in [1.807, 2.05) is 6.07 Å². The molecule has 0 amide bonds. The second-order valence-corrected chi connectivity index (χ2v) is 10.6. The van der Waals surface area contributed by atoms with Crippen LogP contribution in [0.4, 0.5) is 22.1 Å². The number of nitro benzene ring substituents is 1. The van der Waals surface area contributed by atoms with Gasteiger partial charge in [-0.05, 0) is 75.8 Å². The zero-order chi connectivity index (χ0) is 23.5. The molecule has 0 unspecified atom stereocenters. The summed E-state index contributed by atoms with van der Waals surface area (Å²) in [6.07, 6.45) is 12.8. The molecule has 2 aliphatic heterocycles. The average molecular weight is 478 g/mol. The number of benzene rings is 1. The SMILES string of the molecule is N#Cc1c(N=Cc2cc([N+](=O)[O-])c(N3CCCCC3)cc2N2CCCCC2)sc2c1CCCC2. The number of nitriles is 1. The maximum atomic E-state index is 12.1. The van der Waals surface area contributed by atoms with Gasteiger partial charge in [-0.25, -0.2) is 4.99 Å². The quantitative estimate of drug-likeness (QED) is 0.293. The maximum Gasteiger partial charge on any atom is 0.293 e. The highest BCUT2D eigenvalue weighted by Gasteiger charge is 2.26. The van der Waals surface area contributed by atoms with Crippen molar-refractivity contribution in [2.45, 2.75) is 64.2 Å². The number of anilines is 2. The van der Waals surface area contributed by atoms with Gasteiger partial charge in [-0.3, -0.25) is 10.1 Å². The van der Waals surface area contributed by atoms with Crippen molar-refractivity contribution in [2.24, 2.45) is 4.99 Å². The van der Waals surface area contributed by atoms with Crippen molar-refractivity contribution < 1.29 is 4.92 Å². The van der Waals surface area contributed by atoms with Crippen LogP contribution in [0, 0.1) is 21.4 Å². The first-order valence-electron chi connectivity index (χ1n) is 12.6. The Labute approximate surface area is 204 Å². The molecular formula is C26H31N5O2S. The molecule has 3 heterocycles. The minimum Gasteiger partial charge on any atom is -0.371 e. The number of rotatable bonds is 5. The van der Waals surface area contributed by atoms with Crippen molar-refractivity contribution in [3.05, 3.63) is 43.8 Å². The zero-order valence-electron chi connectivity index (χ0n) is 19.6. The number of aliphatic imine (C=N–C) groups is 1. The third kappa shape index (κ3) is 4.54. The summed E-state index contributed by atoms with van der Waals surface area (Å²) < 4.78 is 0. The topological polar surface area (TPSA) is 85.8 Å². The van der Waals surface area contributed by atoms with Crippen LogP contribution in [0.1, 0.15) is 72.9 Å². The van der Waals surface area contributed by atoms with Crippen LogP contribution in [0.5, 0.6) is 0 Å². The highest BCUT2D eigenvalue weighted by molar-refractivity contribution is 7.16. The van der Waals surface area contributed by atoms with Gasteiger partial charge in [-0.1, -0.05) is 0 Å². The predicted molar refractivity (Wildman–Crippen MR) is 138 cm³/mol. The molecule has 2 saturated heterocycles. The highest BCUT2D eigenvalue weighted by Crippen LogP contribution is 2.41. The summed E-state index contributed by atoms with van der Waals surface area (Å²) in [5.74, 6) is 0. The molecular weight excluding hydrogens is 446 g/mol. The first kappa shape index (κ1) is 22.9. The van der Waals surface area contributed by atoms with Crippen LogP contribution in [-0.2, 0) is 12.8 Å². The number of aryl methyl sites for hydroxylation is 1. The maximum absolute atomic E-state index is 12.1. The van der Waals surface area contributed by atoms with Crippen molar-refractivity contribution >= 4 is 39.6 Å². The van der Waals surface area contributed by atoms with Crippen molar-refractivity contribution in [1.29, 1.82) is 5.26 Å². The fraction of sp³-hybridized carbons (Fsp3) is 0.538. The van der Waals surface area contributed by atoms with E-state index in [4.69, 9.17) is 4.99 Å². The van der Waals surface area contributed by atoms with Gasteiger partial charge in [0.2, 0.25) is 0 Å². The second kappa shape index (κ2) is 10.1. The lowest BCUT2D eigenvalue weighted by atomic mass is 9.96. The summed E-state index contributed by atoms with van der Waals surface area (Å²) >= 11 is 1.61. The molecule has 0 N–H and O–H groups in total. The van der Waals surface area contributed by atoms with Gasteiger partial charge in [0.05, 0.1) is 10.5 Å². The van der Waals surface area contributed by atoms with Gasteiger partial charge in [0.15, 0.2) is 0 Å². The number of fused-ring (bicyclic) bond motifs is 1. The molecule has 8 heteroatoms. The lowest BCUT2D eigenvalue weighted by Crippen LogP contribution is -2.32. The Bertz CT molecular complexity index is 1140. The molecule has 5 rings (SSSR count). The van der Waals surface area contributed by atoms with Crippen LogP contribution in [0.25, 0.3) is 0 Å². The Balaban J connectivity index is 1.58. The van der Waals surface area contributed by atoms with Crippen molar-refractivity contribution in [3.63, 3.8) is 0 Å². The number of nitrogens with zero attached hydrogens (tertiary/aromatic N) is 5. The van der Waals surface area contributed by atoms with Crippen LogP contribution in [0.3, 0.4) is 0 Å². The fourth-order valence-electron chi connectivity index (χ4n) is 5.51. The molecule has 2 fully saturated rings. The Morgan fingerprint density at radius 1 is 0.941 bits per heavy atom. The molecule has 1 aromatic heterocycles. The molecule has 1 aromatic carbocycles. The van der Waals surface area contributed by atoms with Gasteiger partial charge in [-0.15, -0.1) is 11.3 Å². The molecule has 0 atom stereocenters. The molecule has 34 heavy (non-hydrogen) atoms. The van der Waals surface area contributed by atoms with E-state index < -0.39 is 0 Å². The van der Waals surface area contributed by atoms with E-state index in [2.05, 4.69) is 15.9 Å².